The number of fused-ring (bicyclic) bond motifs is 3. The van der Waals surface area contributed by atoms with E-state index in [-0.39, 0.29) is 11.7 Å². The fraction of sp³-hybridized carbons (Fsp3) is 0.312. The predicted molar refractivity (Wildman–Crippen MR) is 93.0 cm³/mol. The van der Waals surface area contributed by atoms with E-state index in [0.29, 0.717) is 43.0 Å². The highest BCUT2D eigenvalue weighted by atomic mass is 32.2. The predicted octanol–water partition coefficient (Wildman–Crippen LogP) is 2.93. The average Bonchev–Trinajstić information content (AvgIpc) is 3.01. The number of carbonyl (C=O) groups is 1. The first-order valence-corrected chi connectivity index (χ1v) is 9.34. The quantitative estimate of drug-likeness (QED) is 0.529. The number of hydrogen-bond acceptors (Lipinski definition) is 6. The van der Waals surface area contributed by atoms with Crippen LogP contribution in [0.5, 0.6) is 0 Å². The molecular formula is C16H14FN3O2S2. The normalized spacial score (nSPS) is 15.3. The van der Waals surface area contributed by atoms with E-state index in [1.54, 1.807) is 11.0 Å². The first-order chi connectivity index (χ1) is 11.7. The van der Waals surface area contributed by atoms with Crippen LogP contribution in [0.25, 0.3) is 20.3 Å². The van der Waals surface area contributed by atoms with Gasteiger partial charge in [-0.3, -0.25) is 4.79 Å². The molecule has 1 fully saturated rings. The Balaban J connectivity index is 1.61. The smallest absolute Gasteiger partial charge is 0.233 e. The Labute approximate surface area is 145 Å². The highest BCUT2D eigenvalue weighted by Crippen LogP contribution is 2.38. The van der Waals surface area contributed by atoms with Crippen LogP contribution in [0.4, 0.5) is 4.39 Å². The zero-order valence-electron chi connectivity index (χ0n) is 12.7. The maximum absolute atomic E-state index is 14.1. The number of thiophene rings is 1. The fourth-order valence-electron chi connectivity index (χ4n) is 2.69. The molecule has 3 heterocycles. The molecule has 8 heteroatoms. The number of thioether (sulfide) groups is 1. The van der Waals surface area contributed by atoms with Gasteiger partial charge in [-0.05, 0) is 12.1 Å². The molecule has 5 nitrogen and oxygen atoms in total. The SMILES string of the molecule is O=C(CSc1ncnc2c1sc1cccc(F)c12)N1CCOCC1. The van der Waals surface area contributed by atoms with Crippen molar-refractivity contribution in [1.29, 1.82) is 0 Å². The van der Waals surface area contributed by atoms with Gasteiger partial charge >= 0.3 is 0 Å². The number of halogens is 1. The third-order valence-corrected chi connectivity index (χ3v) is 6.15. The van der Waals surface area contributed by atoms with Gasteiger partial charge in [0.1, 0.15) is 17.2 Å². The number of nitrogens with zero attached hydrogens (tertiary/aromatic N) is 3. The molecule has 0 atom stereocenters. The van der Waals surface area contributed by atoms with Crippen molar-refractivity contribution in [3.63, 3.8) is 0 Å². The van der Waals surface area contributed by atoms with Crippen molar-refractivity contribution in [1.82, 2.24) is 14.9 Å². The molecule has 24 heavy (non-hydrogen) atoms. The van der Waals surface area contributed by atoms with Gasteiger partial charge in [-0.1, -0.05) is 17.8 Å². The zero-order chi connectivity index (χ0) is 16.5. The molecule has 0 N–H and O–H groups in total. The van der Waals surface area contributed by atoms with E-state index in [0.717, 1.165) is 14.4 Å². The van der Waals surface area contributed by atoms with Crippen molar-refractivity contribution in [2.45, 2.75) is 5.03 Å². The lowest BCUT2D eigenvalue weighted by Gasteiger charge is -2.26. The van der Waals surface area contributed by atoms with E-state index in [9.17, 15) is 9.18 Å². The number of morpholine rings is 1. The lowest BCUT2D eigenvalue weighted by molar-refractivity contribution is -0.132. The third kappa shape index (κ3) is 2.85. The van der Waals surface area contributed by atoms with Gasteiger partial charge in [-0.15, -0.1) is 11.3 Å². The molecule has 0 unspecified atom stereocenters. The number of benzene rings is 1. The summed E-state index contributed by atoms with van der Waals surface area (Å²) in [4.78, 5) is 22.6. The monoisotopic (exact) mass is 363 g/mol. The Bertz CT molecular complexity index is 909. The van der Waals surface area contributed by atoms with Crippen molar-refractivity contribution in [2.75, 3.05) is 32.1 Å². The molecule has 1 aliphatic heterocycles. The van der Waals surface area contributed by atoms with Crippen molar-refractivity contribution >= 4 is 49.3 Å². The highest BCUT2D eigenvalue weighted by Gasteiger charge is 2.19. The van der Waals surface area contributed by atoms with Crippen LogP contribution in [0.3, 0.4) is 0 Å². The van der Waals surface area contributed by atoms with Crippen molar-refractivity contribution in [3.05, 3.63) is 30.3 Å². The van der Waals surface area contributed by atoms with Gasteiger partial charge in [0, 0.05) is 17.8 Å². The Morgan fingerprint density at radius 2 is 2.17 bits per heavy atom. The summed E-state index contributed by atoms with van der Waals surface area (Å²) in [6, 6.07) is 5.00. The number of hydrogen-bond donors (Lipinski definition) is 0. The number of rotatable bonds is 3. The fourth-order valence-corrected chi connectivity index (χ4v) is 4.84. The molecule has 3 aromatic rings. The van der Waals surface area contributed by atoms with E-state index >= 15 is 0 Å². The summed E-state index contributed by atoms with van der Waals surface area (Å²) in [5, 5.41) is 1.25. The molecule has 0 saturated carbocycles. The van der Waals surface area contributed by atoms with E-state index in [4.69, 9.17) is 4.74 Å². The number of carbonyl (C=O) groups excluding carboxylic acids is 1. The zero-order valence-corrected chi connectivity index (χ0v) is 14.3. The van der Waals surface area contributed by atoms with E-state index in [1.165, 1.54) is 35.5 Å². The average molecular weight is 363 g/mol. The van der Waals surface area contributed by atoms with E-state index in [2.05, 4.69) is 9.97 Å². The summed E-state index contributed by atoms with van der Waals surface area (Å²) in [5.41, 5.74) is 0.615. The first-order valence-electron chi connectivity index (χ1n) is 7.54. The lowest BCUT2D eigenvalue weighted by atomic mass is 10.2. The highest BCUT2D eigenvalue weighted by molar-refractivity contribution is 8.00. The molecule has 1 aliphatic rings. The van der Waals surface area contributed by atoms with Gasteiger partial charge in [0.25, 0.3) is 0 Å². The summed E-state index contributed by atoms with van der Waals surface area (Å²) in [6.07, 6.45) is 1.43. The van der Waals surface area contributed by atoms with Gasteiger partial charge in [-0.25, -0.2) is 14.4 Å². The Morgan fingerprint density at radius 1 is 1.33 bits per heavy atom. The van der Waals surface area contributed by atoms with Gasteiger partial charge in [0.2, 0.25) is 5.91 Å². The van der Waals surface area contributed by atoms with Crippen LogP contribution in [0.1, 0.15) is 0 Å². The topological polar surface area (TPSA) is 55.3 Å². The van der Waals surface area contributed by atoms with Crippen LogP contribution in [0.15, 0.2) is 29.6 Å². The Kier molecular flexibility index (Phi) is 4.34. The maximum atomic E-state index is 14.1. The van der Waals surface area contributed by atoms with Crippen LogP contribution in [-0.2, 0) is 9.53 Å². The summed E-state index contributed by atoms with van der Waals surface area (Å²) >= 11 is 2.84. The summed E-state index contributed by atoms with van der Waals surface area (Å²) in [6.45, 7) is 2.44. The van der Waals surface area contributed by atoms with Crippen molar-refractivity contribution in [2.24, 2.45) is 0 Å². The second kappa shape index (κ2) is 6.62. The molecule has 1 aromatic carbocycles. The Hall–Kier alpha value is -1.77. The molecule has 1 saturated heterocycles. The van der Waals surface area contributed by atoms with E-state index < -0.39 is 0 Å². The second-order valence-electron chi connectivity index (χ2n) is 5.35. The van der Waals surface area contributed by atoms with E-state index in [1.807, 2.05) is 6.07 Å². The van der Waals surface area contributed by atoms with Crippen LogP contribution in [0.2, 0.25) is 0 Å². The minimum atomic E-state index is -0.280. The maximum Gasteiger partial charge on any atom is 0.233 e. The summed E-state index contributed by atoms with van der Waals surface area (Å²) in [7, 11) is 0. The number of amides is 1. The molecule has 0 radical (unpaired) electrons. The molecular weight excluding hydrogens is 349 g/mol. The summed E-state index contributed by atoms with van der Waals surface area (Å²) < 4.78 is 21.0. The van der Waals surface area contributed by atoms with Crippen LogP contribution in [-0.4, -0.2) is 52.8 Å². The molecule has 1 amide bonds. The van der Waals surface area contributed by atoms with Crippen LogP contribution in [0, 0.1) is 5.82 Å². The minimum absolute atomic E-state index is 0.0716. The van der Waals surface area contributed by atoms with Crippen molar-refractivity contribution in [3.8, 4) is 0 Å². The van der Waals surface area contributed by atoms with Crippen LogP contribution >= 0.6 is 23.1 Å². The lowest BCUT2D eigenvalue weighted by Crippen LogP contribution is -2.41. The molecule has 124 valence electrons. The molecule has 2 aromatic heterocycles. The van der Waals surface area contributed by atoms with Crippen LogP contribution < -0.4 is 0 Å². The summed E-state index contributed by atoms with van der Waals surface area (Å²) in [5.74, 6) is 0.100. The molecule has 4 rings (SSSR count). The minimum Gasteiger partial charge on any atom is -0.378 e. The largest absolute Gasteiger partial charge is 0.378 e. The molecule has 0 aliphatic carbocycles. The van der Waals surface area contributed by atoms with Gasteiger partial charge in [0.15, 0.2) is 0 Å². The molecule has 0 bridgehead atoms. The third-order valence-electron chi connectivity index (χ3n) is 3.89. The number of ether oxygens (including phenoxy) is 1. The molecule has 0 spiro atoms. The first kappa shape index (κ1) is 15.7. The van der Waals surface area contributed by atoms with Gasteiger partial charge in [-0.2, -0.15) is 0 Å². The Morgan fingerprint density at radius 3 is 3.00 bits per heavy atom. The second-order valence-corrected chi connectivity index (χ2v) is 7.37. The van der Waals surface area contributed by atoms with Gasteiger partial charge < -0.3 is 9.64 Å². The number of aromatic nitrogens is 2. The standard InChI is InChI=1S/C16H14FN3O2S2/c17-10-2-1-3-11-13(10)14-15(24-11)16(19-9-18-14)23-8-12(21)20-4-6-22-7-5-20/h1-3,9H,4-8H2. The van der Waals surface area contributed by atoms with Gasteiger partial charge in [0.05, 0.1) is 34.6 Å². The van der Waals surface area contributed by atoms with Crippen molar-refractivity contribution < 1.29 is 13.9 Å².